The number of phenolic OH excluding ortho intramolecular Hbond substituents is 1. The largest absolute Gasteiger partial charge is 0.507 e. The second-order valence-electron chi connectivity index (χ2n) is 5.36. The van der Waals surface area contributed by atoms with Gasteiger partial charge in [0.15, 0.2) is 0 Å². The molecule has 0 heterocycles. The summed E-state index contributed by atoms with van der Waals surface area (Å²) in [6, 6.07) is 5.01. The van der Waals surface area contributed by atoms with Gasteiger partial charge < -0.3 is 10.4 Å². The number of amides is 1. The number of carbonyl (C=O) groups excluding carboxylic acids is 1. The maximum absolute atomic E-state index is 12.0. The number of carbonyl (C=O) groups is 1. The normalized spacial score (nSPS) is 12.5. The molecule has 4 heteroatoms. The number of phenols is 1. The topological polar surface area (TPSA) is 49.3 Å². The fourth-order valence-electron chi connectivity index (χ4n) is 1.90. The van der Waals surface area contributed by atoms with Crippen LogP contribution in [-0.4, -0.2) is 17.1 Å². The van der Waals surface area contributed by atoms with Crippen LogP contribution in [0.25, 0.3) is 0 Å². The summed E-state index contributed by atoms with van der Waals surface area (Å²) in [7, 11) is 0. The predicted molar refractivity (Wildman–Crippen MR) is 81.4 cm³/mol. The van der Waals surface area contributed by atoms with Gasteiger partial charge >= 0.3 is 0 Å². The standard InChI is InChI=1S/C15H22BrNO2/c1-10(2)5-4-6-11(3)17-15(19)13-8-7-12(16)9-14(13)18/h7-11,18H,4-6H2,1-3H3,(H,17,19). The van der Waals surface area contributed by atoms with Gasteiger partial charge in [-0.05, 0) is 37.5 Å². The molecule has 0 bridgehead atoms. The maximum atomic E-state index is 12.0. The van der Waals surface area contributed by atoms with E-state index in [1.807, 2.05) is 6.92 Å². The highest BCUT2D eigenvalue weighted by molar-refractivity contribution is 9.10. The van der Waals surface area contributed by atoms with Gasteiger partial charge in [0.05, 0.1) is 5.56 Å². The average Bonchev–Trinajstić information content (AvgIpc) is 2.27. The highest BCUT2D eigenvalue weighted by Gasteiger charge is 2.13. The molecule has 0 saturated heterocycles. The third-order valence-electron chi connectivity index (χ3n) is 3.00. The van der Waals surface area contributed by atoms with Crippen molar-refractivity contribution in [2.75, 3.05) is 0 Å². The molecule has 1 unspecified atom stereocenters. The summed E-state index contributed by atoms with van der Waals surface area (Å²) < 4.78 is 0.756. The summed E-state index contributed by atoms with van der Waals surface area (Å²) in [6.07, 6.45) is 3.23. The van der Waals surface area contributed by atoms with Crippen molar-refractivity contribution in [2.24, 2.45) is 5.92 Å². The molecule has 0 aromatic heterocycles. The summed E-state index contributed by atoms with van der Waals surface area (Å²) in [4.78, 5) is 12.0. The van der Waals surface area contributed by atoms with Gasteiger partial charge in [-0.2, -0.15) is 0 Å². The third-order valence-corrected chi connectivity index (χ3v) is 3.49. The number of hydrogen-bond acceptors (Lipinski definition) is 2. The van der Waals surface area contributed by atoms with Gasteiger partial charge in [0.2, 0.25) is 0 Å². The Morgan fingerprint density at radius 1 is 1.32 bits per heavy atom. The predicted octanol–water partition coefficient (Wildman–Crippen LogP) is 4.10. The average molecular weight is 328 g/mol. The lowest BCUT2D eigenvalue weighted by Crippen LogP contribution is -2.32. The van der Waals surface area contributed by atoms with E-state index in [0.29, 0.717) is 11.5 Å². The first-order valence-corrected chi connectivity index (χ1v) is 7.48. The van der Waals surface area contributed by atoms with E-state index in [0.717, 1.165) is 17.3 Å². The molecule has 1 aromatic carbocycles. The maximum Gasteiger partial charge on any atom is 0.255 e. The highest BCUT2D eigenvalue weighted by atomic mass is 79.9. The number of benzene rings is 1. The second kappa shape index (κ2) is 7.53. The monoisotopic (exact) mass is 327 g/mol. The Kier molecular flexibility index (Phi) is 6.35. The summed E-state index contributed by atoms with van der Waals surface area (Å²) in [5.41, 5.74) is 0.318. The minimum absolute atomic E-state index is 0.00116. The molecule has 0 aliphatic carbocycles. The molecule has 2 N–H and O–H groups in total. The molecule has 19 heavy (non-hydrogen) atoms. The molecule has 1 atom stereocenters. The molecule has 0 fully saturated rings. The minimum Gasteiger partial charge on any atom is -0.507 e. The Morgan fingerprint density at radius 3 is 2.58 bits per heavy atom. The van der Waals surface area contributed by atoms with Crippen LogP contribution in [0.4, 0.5) is 0 Å². The van der Waals surface area contributed by atoms with Gasteiger partial charge in [0, 0.05) is 10.5 Å². The molecule has 0 radical (unpaired) electrons. The number of nitrogens with one attached hydrogen (secondary N) is 1. The number of halogens is 1. The van der Waals surface area contributed by atoms with Crippen LogP contribution in [0.1, 0.15) is 50.4 Å². The van der Waals surface area contributed by atoms with E-state index in [2.05, 4.69) is 35.1 Å². The third kappa shape index (κ3) is 5.64. The van der Waals surface area contributed by atoms with Gasteiger partial charge in [0.25, 0.3) is 5.91 Å². The van der Waals surface area contributed by atoms with Crippen LogP contribution < -0.4 is 5.32 Å². The number of hydrogen-bond donors (Lipinski definition) is 2. The number of rotatable bonds is 6. The van der Waals surface area contributed by atoms with Gasteiger partial charge in [0.1, 0.15) is 5.75 Å². The van der Waals surface area contributed by atoms with Crippen LogP contribution in [0.15, 0.2) is 22.7 Å². The van der Waals surface area contributed by atoms with Crippen molar-refractivity contribution in [1.82, 2.24) is 5.32 Å². The lowest BCUT2D eigenvalue weighted by atomic mass is 10.0. The van der Waals surface area contributed by atoms with Crippen molar-refractivity contribution in [2.45, 2.75) is 46.1 Å². The molecule has 1 aromatic rings. The lowest BCUT2D eigenvalue weighted by molar-refractivity contribution is 0.0935. The van der Waals surface area contributed by atoms with E-state index < -0.39 is 0 Å². The number of aromatic hydroxyl groups is 1. The molecule has 1 amide bonds. The van der Waals surface area contributed by atoms with E-state index in [9.17, 15) is 9.90 Å². The van der Waals surface area contributed by atoms with Crippen LogP contribution in [-0.2, 0) is 0 Å². The Labute approximate surface area is 123 Å². The zero-order valence-corrected chi connectivity index (χ0v) is 13.3. The molecule has 0 spiro atoms. The molecule has 0 aliphatic heterocycles. The SMILES string of the molecule is CC(C)CCCC(C)NC(=O)c1ccc(Br)cc1O. The van der Waals surface area contributed by atoms with Crippen molar-refractivity contribution >= 4 is 21.8 Å². The van der Waals surface area contributed by atoms with Gasteiger partial charge in [-0.15, -0.1) is 0 Å². The molecule has 0 saturated carbocycles. The van der Waals surface area contributed by atoms with Crippen LogP contribution in [0, 0.1) is 5.92 Å². The fourth-order valence-corrected chi connectivity index (χ4v) is 2.25. The van der Waals surface area contributed by atoms with Crippen LogP contribution in [0.5, 0.6) is 5.75 Å². The molecule has 106 valence electrons. The van der Waals surface area contributed by atoms with Crippen LogP contribution in [0.3, 0.4) is 0 Å². The first-order chi connectivity index (χ1) is 8.90. The molecular formula is C15H22BrNO2. The van der Waals surface area contributed by atoms with Crippen molar-refractivity contribution in [3.63, 3.8) is 0 Å². The summed E-state index contributed by atoms with van der Waals surface area (Å²) in [5, 5.41) is 12.6. The van der Waals surface area contributed by atoms with Gasteiger partial charge in [-0.3, -0.25) is 4.79 Å². The Bertz CT molecular complexity index is 432. The highest BCUT2D eigenvalue weighted by Crippen LogP contribution is 2.22. The van der Waals surface area contributed by atoms with E-state index in [-0.39, 0.29) is 17.7 Å². The smallest absolute Gasteiger partial charge is 0.255 e. The van der Waals surface area contributed by atoms with Crippen molar-refractivity contribution in [3.8, 4) is 5.75 Å². The molecular weight excluding hydrogens is 306 g/mol. The van der Waals surface area contributed by atoms with E-state index in [4.69, 9.17) is 0 Å². The second-order valence-corrected chi connectivity index (χ2v) is 6.28. The Morgan fingerprint density at radius 2 is 2.00 bits per heavy atom. The minimum atomic E-state index is -0.220. The summed E-state index contributed by atoms with van der Waals surface area (Å²) in [5.74, 6) is 0.474. The van der Waals surface area contributed by atoms with E-state index >= 15 is 0 Å². The quantitative estimate of drug-likeness (QED) is 0.826. The summed E-state index contributed by atoms with van der Waals surface area (Å²) >= 11 is 3.25. The van der Waals surface area contributed by atoms with Crippen molar-refractivity contribution in [1.29, 1.82) is 0 Å². The Balaban J connectivity index is 2.50. The van der Waals surface area contributed by atoms with Crippen molar-refractivity contribution < 1.29 is 9.90 Å². The molecule has 3 nitrogen and oxygen atoms in total. The molecule has 0 aliphatic rings. The zero-order chi connectivity index (χ0) is 14.4. The van der Waals surface area contributed by atoms with Crippen LogP contribution >= 0.6 is 15.9 Å². The fraction of sp³-hybridized carbons (Fsp3) is 0.533. The first-order valence-electron chi connectivity index (χ1n) is 6.69. The van der Waals surface area contributed by atoms with Gasteiger partial charge in [-0.1, -0.05) is 42.6 Å². The van der Waals surface area contributed by atoms with E-state index in [1.54, 1.807) is 12.1 Å². The lowest BCUT2D eigenvalue weighted by Gasteiger charge is -2.15. The molecule has 1 rings (SSSR count). The van der Waals surface area contributed by atoms with E-state index in [1.165, 1.54) is 12.5 Å². The zero-order valence-electron chi connectivity index (χ0n) is 11.7. The van der Waals surface area contributed by atoms with Crippen molar-refractivity contribution in [3.05, 3.63) is 28.2 Å². The first kappa shape index (κ1) is 16.0. The Hall–Kier alpha value is -1.03. The van der Waals surface area contributed by atoms with Gasteiger partial charge in [-0.25, -0.2) is 0 Å². The summed E-state index contributed by atoms with van der Waals surface area (Å²) in [6.45, 7) is 6.39. The van der Waals surface area contributed by atoms with Crippen LogP contribution in [0.2, 0.25) is 0 Å².